The standard InChI is InChI=1S/C19H27ClN2O2/c20-16-6-4-14(5-7-16)17(23)15-8-12-22(13-9-15)18(24)19(21)10-2-1-3-11-19/h4-7,15,17,23H,1-3,8-13,21H2/t17-/m0/s1. The molecule has 1 heterocycles. The second-order valence-electron chi connectivity index (χ2n) is 7.34. The largest absolute Gasteiger partial charge is 0.388 e. The van der Waals surface area contributed by atoms with Crippen molar-refractivity contribution in [3.8, 4) is 0 Å². The van der Waals surface area contributed by atoms with Crippen LogP contribution in [0, 0.1) is 5.92 Å². The van der Waals surface area contributed by atoms with Crippen LogP contribution in [0.25, 0.3) is 0 Å². The van der Waals surface area contributed by atoms with Crippen molar-refractivity contribution in [3.05, 3.63) is 34.9 Å². The van der Waals surface area contributed by atoms with E-state index < -0.39 is 11.6 Å². The number of halogens is 1. The maximum absolute atomic E-state index is 12.8. The van der Waals surface area contributed by atoms with Gasteiger partial charge in [0.1, 0.15) is 0 Å². The Hall–Kier alpha value is -1.10. The fourth-order valence-corrected chi connectivity index (χ4v) is 4.19. The van der Waals surface area contributed by atoms with E-state index in [2.05, 4.69) is 0 Å². The van der Waals surface area contributed by atoms with Gasteiger partial charge in [-0.1, -0.05) is 43.0 Å². The number of nitrogens with zero attached hydrogens (tertiary/aromatic N) is 1. The highest BCUT2D eigenvalue weighted by Crippen LogP contribution is 2.33. The smallest absolute Gasteiger partial charge is 0.242 e. The van der Waals surface area contributed by atoms with E-state index in [1.54, 1.807) is 12.1 Å². The molecule has 24 heavy (non-hydrogen) atoms. The molecule has 1 saturated carbocycles. The molecule has 1 aromatic rings. The number of carbonyl (C=O) groups is 1. The summed E-state index contributed by atoms with van der Waals surface area (Å²) in [6.45, 7) is 1.38. The van der Waals surface area contributed by atoms with E-state index in [0.717, 1.165) is 44.1 Å². The molecular formula is C19H27ClN2O2. The number of hydrogen-bond donors (Lipinski definition) is 2. The average molecular weight is 351 g/mol. The van der Waals surface area contributed by atoms with Crippen LogP contribution in [-0.4, -0.2) is 34.5 Å². The van der Waals surface area contributed by atoms with Crippen molar-refractivity contribution >= 4 is 17.5 Å². The van der Waals surface area contributed by atoms with Crippen molar-refractivity contribution in [1.29, 1.82) is 0 Å². The van der Waals surface area contributed by atoms with E-state index in [4.69, 9.17) is 17.3 Å². The van der Waals surface area contributed by atoms with Crippen LogP contribution in [0.2, 0.25) is 5.02 Å². The minimum absolute atomic E-state index is 0.113. The number of carbonyl (C=O) groups excluding carboxylic acids is 1. The zero-order valence-corrected chi connectivity index (χ0v) is 14.8. The van der Waals surface area contributed by atoms with Crippen molar-refractivity contribution < 1.29 is 9.90 Å². The van der Waals surface area contributed by atoms with Gasteiger partial charge in [-0.25, -0.2) is 0 Å². The minimum atomic E-state index is -0.653. The summed E-state index contributed by atoms with van der Waals surface area (Å²) in [7, 11) is 0. The van der Waals surface area contributed by atoms with Crippen LogP contribution >= 0.6 is 11.6 Å². The van der Waals surface area contributed by atoms with Crippen molar-refractivity contribution in [2.24, 2.45) is 11.7 Å². The summed E-state index contributed by atoms with van der Waals surface area (Å²) in [5, 5.41) is 11.3. The topological polar surface area (TPSA) is 66.6 Å². The van der Waals surface area contributed by atoms with Crippen LogP contribution in [0.1, 0.15) is 56.6 Å². The Balaban J connectivity index is 1.57. The molecule has 1 saturated heterocycles. The van der Waals surface area contributed by atoms with Gasteiger partial charge >= 0.3 is 0 Å². The van der Waals surface area contributed by atoms with Gasteiger partial charge in [0.25, 0.3) is 0 Å². The van der Waals surface area contributed by atoms with Gasteiger partial charge in [-0.2, -0.15) is 0 Å². The van der Waals surface area contributed by atoms with Crippen molar-refractivity contribution in [2.75, 3.05) is 13.1 Å². The number of piperidine rings is 1. The summed E-state index contributed by atoms with van der Waals surface area (Å²) in [5.41, 5.74) is 6.62. The molecule has 2 aliphatic rings. The highest BCUT2D eigenvalue weighted by Gasteiger charge is 2.40. The fraction of sp³-hybridized carbons (Fsp3) is 0.632. The fourth-order valence-electron chi connectivity index (χ4n) is 4.06. The normalized spacial score (nSPS) is 23.0. The minimum Gasteiger partial charge on any atom is -0.388 e. The lowest BCUT2D eigenvalue weighted by atomic mass is 9.80. The van der Waals surface area contributed by atoms with Crippen LogP contribution in [0.4, 0.5) is 0 Å². The molecule has 0 aromatic heterocycles. The van der Waals surface area contributed by atoms with Gasteiger partial charge in [0, 0.05) is 18.1 Å². The summed E-state index contributed by atoms with van der Waals surface area (Å²) >= 11 is 5.91. The Kier molecular flexibility index (Phi) is 5.48. The number of likely N-dealkylation sites (tertiary alicyclic amines) is 1. The Morgan fingerprint density at radius 1 is 1.17 bits per heavy atom. The molecule has 132 valence electrons. The first-order valence-corrected chi connectivity index (χ1v) is 9.39. The van der Waals surface area contributed by atoms with E-state index in [0.29, 0.717) is 18.1 Å². The number of aliphatic hydroxyl groups is 1. The first-order chi connectivity index (χ1) is 11.5. The number of nitrogens with two attached hydrogens (primary N) is 1. The quantitative estimate of drug-likeness (QED) is 0.879. The Morgan fingerprint density at radius 2 is 1.75 bits per heavy atom. The summed E-state index contributed by atoms with van der Waals surface area (Å²) in [4.78, 5) is 14.7. The third-order valence-corrected chi connectivity index (χ3v) is 5.91. The zero-order valence-electron chi connectivity index (χ0n) is 14.1. The molecule has 2 fully saturated rings. The second kappa shape index (κ2) is 7.42. The lowest BCUT2D eigenvalue weighted by Crippen LogP contribution is -2.57. The lowest BCUT2D eigenvalue weighted by molar-refractivity contribution is -0.140. The molecule has 0 unspecified atom stereocenters. The molecule has 4 nitrogen and oxygen atoms in total. The van der Waals surface area contributed by atoms with Crippen LogP contribution in [0.5, 0.6) is 0 Å². The Labute approximate surface area is 149 Å². The van der Waals surface area contributed by atoms with Gasteiger partial charge in [-0.15, -0.1) is 0 Å². The van der Waals surface area contributed by atoms with Crippen LogP contribution in [-0.2, 0) is 4.79 Å². The maximum Gasteiger partial charge on any atom is 0.242 e. The van der Waals surface area contributed by atoms with Crippen molar-refractivity contribution in [1.82, 2.24) is 4.90 Å². The molecular weight excluding hydrogens is 324 g/mol. The van der Waals surface area contributed by atoms with Gasteiger partial charge < -0.3 is 15.7 Å². The predicted octanol–water partition coefficient (Wildman–Crippen LogP) is 3.27. The molecule has 1 aliphatic carbocycles. The molecule has 1 atom stereocenters. The summed E-state index contributed by atoms with van der Waals surface area (Å²) in [6, 6.07) is 7.36. The van der Waals surface area contributed by atoms with Crippen LogP contribution in [0.3, 0.4) is 0 Å². The van der Waals surface area contributed by atoms with E-state index >= 15 is 0 Å². The predicted molar refractivity (Wildman–Crippen MR) is 95.7 cm³/mol. The lowest BCUT2D eigenvalue weighted by Gasteiger charge is -2.40. The van der Waals surface area contributed by atoms with Gasteiger partial charge in [-0.3, -0.25) is 4.79 Å². The SMILES string of the molecule is NC1(C(=O)N2CCC([C@@H](O)c3ccc(Cl)cc3)CC2)CCCCC1. The molecule has 1 aliphatic heterocycles. The molecule has 0 spiro atoms. The summed E-state index contributed by atoms with van der Waals surface area (Å²) in [5.74, 6) is 0.289. The molecule has 0 bridgehead atoms. The zero-order chi connectivity index (χ0) is 17.2. The first-order valence-electron chi connectivity index (χ1n) is 9.01. The molecule has 3 rings (SSSR count). The van der Waals surface area contributed by atoms with Gasteiger partial charge in [0.15, 0.2) is 0 Å². The highest BCUT2D eigenvalue weighted by molar-refractivity contribution is 6.30. The number of aliphatic hydroxyl groups excluding tert-OH is 1. The first kappa shape index (κ1) is 17.7. The second-order valence-corrected chi connectivity index (χ2v) is 7.78. The number of hydrogen-bond acceptors (Lipinski definition) is 3. The Bertz CT molecular complexity index is 561. The van der Waals surface area contributed by atoms with Gasteiger partial charge in [0.05, 0.1) is 11.6 Å². The Morgan fingerprint density at radius 3 is 2.33 bits per heavy atom. The van der Waals surface area contributed by atoms with Crippen molar-refractivity contribution in [2.45, 2.75) is 56.6 Å². The molecule has 1 aromatic carbocycles. The molecule has 3 N–H and O–H groups in total. The highest BCUT2D eigenvalue weighted by atomic mass is 35.5. The third-order valence-electron chi connectivity index (χ3n) is 5.66. The van der Waals surface area contributed by atoms with Crippen molar-refractivity contribution in [3.63, 3.8) is 0 Å². The number of benzene rings is 1. The van der Waals surface area contributed by atoms with Crippen LogP contribution in [0.15, 0.2) is 24.3 Å². The molecule has 0 radical (unpaired) electrons. The van der Waals surface area contributed by atoms with Gasteiger partial charge in [0.2, 0.25) is 5.91 Å². The third kappa shape index (κ3) is 3.76. The number of rotatable bonds is 3. The molecule has 5 heteroatoms. The van der Waals surface area contributed by atoms with E-state index in [-0.39, 0.29) is 11.8 Å². The molecule has 1 amide bonds. The summed E-state index contributed by atoms with van der Waals surface area (Å²) < 4.78 is 0. The van der Waals surface area contributed by atoms with Gasteiger partial charge in [-0.05, 0) is 49.3 Å². The van der Waals surface area contributed by atoms with E-state index in [1.165, 1.54) is 6.42 Å². The monoisotopic (exact) mass is 350 g/mol. The van der Waals surface area contributed by atoms with E-state index in [9.17, 15) is 9.90 Å². The maximum atomic E-state index is 12.8. The summed E-state index contributed by atoms with van der Waals surface area (Å²) in [6.07, 6.45) is 6.01. The average Bonchev–Trinajstić information content (AvgIpc) is 2.62. The van der Waals surface area contributed by atoms with Crippen LogP contribution < -0.4 is 5.73 Å². The van der Waals surface area contributed by atoms with E-state index in [1.807, 2.05) is 17.0 Å². The number of amides is 1.